The summed E-state index contributed by atoms with van der Waals surface area (Å²) in [6, 6.07) is 8.82. The summed E-state index contributed by atoms with van der Waals surface area (Å²) in [6.07, 6.45) is 3.97. The maximum atomic E-state index is 13.8. The second-order valence-corrected chi connectivity index (χ2v) is 5.55. The molecule has 3 nitrogen and oxygen atoms in total. The molecular weight excluding hydrogens is 265 g/mol. The molecule has 0 aliphatic heterocycles. The van der Waals surface area contributed by atoms with E-state index in [0.29, 0.717) is 23.6 Å². The minimum atomic E-state index is -0.279. The van der Waals surface area contributed by atoms with Gasteiger partial charge in [-0.1, -0.05) is 13.8 Å². The molecule has 0 aliphatic rings. The first-order chi connectivity index (χ1) is 10.0. The van der Waals surface area contributed by atoms with Crippen molar-refractivity contribution in [2.45, 2.75) is 26.4 Å². The number of hydrogen-bond donors (Lipinski definition) is 1. The summed E-state index contributed by atoms with van der Waals surface area (Å²) < 4.78 is 15.8. The Morgan fingerprint density at radius 3 is 2.71 bits per heavy atom. The third-order valence-electron chi connectivity index (χ3n) is 3.64. The van der Waals surface area contributed by atoms with Crippen molar-refractivity contribution in [1.82, 2.24) is 9.88 Å². The number of halogens is 1. The molecule has 0 saturated carbocycles. The van der Waals surface area contributed by atoms with E-state index in [1.165, 1.54) is 17.7 Å². The molecule has 0 fully saturated rings. The second kappa shape index (κ2) is 6.55. The van der Waals surface area contributed by atoms with E-state index >= 15 is 0 Å². The average Bonchev–Trinajstić information content (AvgIpc) is 2.90. The van der Waals surface area contributed by atoms with Crippen LogP contribution in [0.5, 0.6) is 0 Å². The average molecular weight is 285 g/mol. The summed E-state index contributed by atoms with van der Waals surface area (Å²) in [5.41, 5.74) is 2.19. The molecule has 2 rings (SSSR count). The van der Waals surface area contributed by atoms with Crippen LogP contribution < -0.4 is 5.32 Å². The molecule has 0 saturated heterocycles. The third kappa shape index (κ3) is 3.50. The topological polar surface area (TPSA) is 40.8 Å². The van der Waals surface area contributed by atoms with Crippen LogP contribution in [-0.4, -0.2) is 11.6 Å². The second-order valence-electron chi connectivity index (χ2n) is 5.55. The molecule has 21 heavy (non-hydrogen) atoms. The normalized spacial score (nSPS) is 12.4. The van der Waals surface area contributed by atoms with Crippen LogP contribution in [-0.2, 0) is 6.54 Å². The standard InChI is InChI=1S/C17H20FN3/c1-12(2)17(20-3)14-6-7-21(10-14)11-15-8-13(9-19)4-5-16(15)18/h4-8,10,12,17,20H,11H2,1-3H3. The molecule has 1 aromatic heterocycles. The van der Waals surface area contributed by atoms with Crippen molar-refractivity contribution in [3.63, 3.8) is 0 Å². The van der Waals surface area contributed by atoms with Gasteiger partial charge < -0.3 is 9.88 Å². The van der Waals surface area contributed by atoms with Gasteiger partial charge in [-0.25, -0.2) is 4.39 Å². The monoisotopic (exact) mass is 285 g/mol. The summed E-state index contributed by atoms with van der Waals surface area (Å²) in [5, 5.41) is 12.2. The van der Waals surface area contributed by atoms with Crippen molar-refractivity contribution in [1.29, 1.82) is 5.26 Å². The molecule has 1 unspecified atom stereocenters. The number of aromatic nitrogens is 1. The van der Waals surface area contributed by atoms with Crippen molar-refractivity contribution in [3.8, 4) is 6.07 Å². The van der Waals surface area contributed by atoms with Gasteiger partial charge in [0.25, 0.3) is 0 Å². The van der Waals surface area contributed by atoms with E-state index in [0.717, 1.165) is 0 Å². The van der Waals surface area contributed by atoms with Gasteiger partial charge in [-0.05, 0) is 42.8 Å². The fourth-order valence-electron chi connectivity index (χ4n) is 2.59. The zero-order valence-corrected chi connectivity index (χ0v) is 12.6. The van der Waals surface area contributed by atoms with Crippen LogP contribution >= 0.6 is 0 Å². The Kier molecular flexibility index (Phi) is 4.77. The van der Waals surface area contributed by atoms with E-state index in [2.05, 4.69) is 19.2 Å². The zero-order chi connectivity index (χ0) is 15.4. The summed E-state index contributed by atoms with van der Waals surface area (Å²) in [7, 11) is 1.94. The van der Waals surface area contributed by atoms with Crippen LogP contribution in [0.3, 0.4) is 0 Å². The molecule has 0 amide bonds. The van der Waals surface area contributed by atoms with Crippen LogP contribution in [0.2, 0.25) is 0 Å². The molecule has 1 atom stereocenters. The van der Waals surface area contributed by atoms with E-state index in [1.807, 2.05) is 36.1 Å². The first-order valence-corrected chi connectivity index (χ1v) is 7.06. The molecule has 0 radical (unpaired) electrons. The number of nitrogens with zero attached hydrogens (tertiary/aromatic N) is 2. The molecule has 110 valence electrons. The lowest BCUT2D eigenvalue weighted by Crippen LogP contribution is -2.21. The molecule has 1 N–H and O–H groups in total. The van der Waals surface area contributed by atoms with Gasteiger partial charge in [-0.15, -0.1) is 0 Å². The van der Waals surface area contributed by atoms with Gasteiger partial charge in [0, 0.05) is 30.5 Å². The maximum absolute atomic E-state index is 13.8. The number of hydrogen-bond acceptors (Lipinski definition) is 2. The molecule has 0 aliphatic carbocycles. The van der Waals surface area contributed by atoms with Gasteiger partial charge in [0.2, 0.25) is 0 Å². The van der Waals surface area contributed by atoms with Gasteiger partial charge >= 0.3 is 0 Å². The smallest absolute Gasteiger partial charge is 0.128 e. The summed E-state index contributed by atoms with van der Waals surface area (Å²) in [6.45, 7) is 4.75. The maximum Gasteiger partial charge on any atom is 0.128 e. The molecule has 4 heteroatoms. The van der Waals surface area contributed by atoms with Crippen molar-refractivity contribution >= 4 is 0 Å². The third-order valence-corrected chi connectivity index (χ3v) is 3.64. The molecule has 1 aromatic carbocycles. The Bertz CT molecular complexity index is 652. The highest BCUT2D eigenvalue weighted by Crippen LogP contribution is 2.22. The highest BCUT2D eigenvalue weighted by Gasteiger charge is 2.14. The Hall–Kier alpha value is -2.12. The van der Waals surface area contributed by atoms with Crippen molar-refractivity contribution in [2.24, 2.45) is 5.92 Å². The Morgan fingerprint density at radius 1 is 1.33 bits per heavy atom. The molecule has 1 heterocycles. The predicted molar refractivity (Wildman–Crippen MR) is 81.3 cm³/mol. The minimum absolute atomic E-state index is 0.279. The number of benzene rings is 1. The quantitative estimate of drug-likeness (QED) is 0.914. The molecule has 0 spiro atoms. The van der Waals surface area contributed by atoms with Gasteiger partial charge in [0.1, 0.15) is 5.82 Å². The van der Waals surface area contributed by atoms with E-state index in [4.69, 9.17) is 5.26 Å². The van der Waals surface area contributed by atoms with Crippen molar-refractivity contribution in [3.05, 3.63) is 59.2 Å². The number of rotatable bonds is 5. The number of nitriles is 1. The minimum Gasteiger partial charge on any atom is -0.349 e. The Labute approximate surface area is 125 Å². The first-order valence-electron chi connectivity index (χ1n) is 7.06. The fourth-order valence-corrected chi connectivity index (χ4v) is 2.59. The van der Waals surface area contributed by atoms with Gasteiger partial charge in [0.05, 0.1) is 11.6 Å². The molecular formula is C17H20FN3. The molecule has 0 bridgehead atoms. The van der Waals surface area contributed by atoms with E-state index in [9.17, 15) is 4.39 Å². The van der Waals surface area contributed by atoms with Crippen molar-refractivity contribution in [2.75, 3.05) is 7.05 Å². The van der Waals surface area contributed by atoms with E-state index in [1.54, 1.807) is 6.07 Å². The lowest BCUT2D eigenvalue weighted by Gasteiger charge is -2.18. The Balaban J connectivity index is 2.22. The highest BCUT2D eigenvalue weighted by atomic mass is 19.1. The van der Waals surface area contributed by atoms with Gasteiger partial charge in [0.15, 0.2) is 0 Å². The summed E-state index contributed by atoms with van der Waals surface area (Å²) in [4.78, 5) is 0. The highest BCUT2D eigenvalue weighted by molar-refractivity contribution is 5.34. The SMILES string of the molecule is CNC(c1ccn(Cc2cc(C#N)ccc2F)c1)C(C)C. The van der Waals surface area contributed by atoms with Crippen LogP contribution in [0, 0.1) is 23.1 Å². The summed E-state index contributed by atoms with van der Waals surface area (Å²) >= 11 is 0. The molecule has 2 aromatic rings. The summed E-state index contributed by atoms with van der Waals surface area (Å²) in [5.74, 6) is 0.197. The lowest BCUT2D eigenvalue weighted by molar-refractivity contribution is 0.442. The van der Waals surface area contributed by atoms with Gasteiger partial charge in [-0.3, -0.25) is 0 Å². The van der Waals surface area contributed by atoms with E-state index in [-0.39, 0.29) is 11.9 Å². The van der Waals surface area contributed by atoms with Crippen LogP contribution in [0.4, 0.5) is 4.39 Å². The lowest BCUT2D eigenvalue weighted by atomic mass is 9.99. The zero-order valence-electron chi connectivity index (χ0n) is 12.6. The Morgan fingerprint density at radius 2 is 2.10 bits per heavy atom. The largest absolute Gasteiger partial charge is 0.349 e. The predicted octanol–water partition coefficient (Wildman–Crippen LogP) is 3.46. The fraction of sp³-hybridized carbons (Fsp3) is 0.353. The van der Waals surface area contributed by atoms with Gasteiger partial charge in [-0.2, -0.15) is 5.26 Å². The van der Waals surface area contributed by atoms with Crippen LogP contribution in [0.15, 0.2) is 36.7 Å². The van der Waals surface area contributed by atoms with E-state index < -0.39 is 0 Å². The number of nitrogens with one attached hydrogen (secondary N) is 1. The van der Waals surface area contributed by atoms with Crippen LogP contribution in [0.25, 0.3) is 0 Å². The first kappa shape index (κ1) is 15.3. The van der Waals surface area contributed by atoms with Crippen molar-refractivity contribution < 1.29 is 4.39 Å². The van der Waals surface area contributed by atoms with Crippen LogP contribution in [0.1, 0.15) is 36.6 Å².